The molecular formula is C33H42N2O4. The minimum Gasteiger partial charge on any atom is -0.497 e. The highest BCUT2D eigenvalue weighted by atomic mass is 16.5. The first-order chi connectivity index (χ1) is 19.1. The van der Waals surface area contributed by atoms with E-state index in [2.05, 4.69) is 17.2 Å². The number of carbonyl (C=O) groups is 1. The molecule has 39 heavy (non-hydrogen) atoms. The first-order valence-corrected chi connectivity index (χ1v) is 14.2. The highest BCUT2D eigenvalue weighted by Gasteiger charge is 2.10. The lowest BCUT2D eigenvalue weighted by Gasteiger charge is -2.09. The fourth-order valence-corrected chi connectivity index (χ4v) is 4.20. The molecular weight excluding hydrogens is 488 g/mol. The number of carbonyl (C=O) groups excluding carboxylic acids is 1. The molecule has 0 aliphatic heterocycles. The Morgan fingerprint density at radius 2 is 1.28 bits per heavy atom. The first kappa shape index (κ1) is 29.9. The Labute approximate surface area is 233 Å². The number of methoxy groups -OCH3 is 1. The molecule has 0 aliphatic rings. The number of hydrogen-bond donors (Lipinski definition) is 0. The number of nitrogens with zero attached hydrogens (tertiary/aromatic N) is 2. The van der Waals surface area contributed by atoms with E-state index >= 15 is 0 Å². The number of esters is 1. The summed E-state index contributed by atoms with van der Waals surface area (Å²) in [6.45, 7) is 4.86. The average Bonchev–Trinajstić information content (AvgIpc) is 2.96. The Balaban J connectivity index is 1.37. The van der Waals surface area contributed by atoms with E-state index in [-0.39, 0.29) is 0 Å². The minimum absolute atomic E-state index is 0.414. The third-order valence-corrected chi connectivity index (χ3v) is 6.58. The highest BCUT2D eigenvalue weighted by molar-refractivity contribution is 5.91. The van der Waals surface area contributed by atoms with Crippen LogP contribution in [-0.4, -0.2) is 19.7 Å². The molecule has 3 rings (SSSR count). The van der Waals surface area contributed by atoms with Crippen LogP contribution in [0.4, 0.5) is 11.4 Å². The Hall–Kier alpha value is -3.67. The molecule has 6 nitrogen and oxygen atoms in total. The second-order valence-corrected chi connectivity index (χ2v) is 9.79. The quantitative estimate of drug-likeness (QED) is 0.0753. The molecule has 3 aromatic carbocycles. The molecule has 0 bridgehead atoms. The summed E-state index contributed by atoms with van der Waals surface area (Å²) in [4.78, 5) is 12.6. The summed E-state index contributed by atoms with van der Waals surface area (Å²) in [6, 6.07) is 19.7. The lowest BCUT2D eigenvalue weighted by Crippen LogP contribution is -2.08. The van der Waals surface area contributed by atoms with E-state index in [9.17, 15) is 4.79 Å². The van der Waals surface area contributed by atoms with Crippen LogP contribution in [0.2, 0.25) is 0 Å². The molecule has 0 heterocycles. The van der Waals surface area contributed by atoms with E-state index in [1.807, 2.05) is 43.3 Å². The molecule has 6 heteroatoms. The lowest BCUT2D eigenvalue weighted by atomic mass is 10.1. The number of azo groups is 1. The maximum absolute atomic E-state index is 12.6. The summed E-state index contributed by atoms with van der Waals surface area (Å²) < 4.78 is 16.6. The second kappa shape index (κ2) is 17.0. The van der Waals surface area contributed by atoms with Gasteiger partial charge >= 0.3 is 5.97 Å². The number of ether oxygens (including phenoxy) is 3. The number of hydrogen-bond acceptors (Lipinski definition) is 6. The summed E-state index contributed by atoms with van der Waals surface area (Å²) in [5.41, 5.74) is 2.76. The van der Waals surface area contributed by atoms with Crippen LogP contribution in [0.25, 0.3) is 0 Å². The average molecular weight is 531 g/mol. The smallest absolute Gasteiger partial charge is 0.343 e. The second-order valence-electron chi connectivity index (χ2n) is 9.79. The topological polar surface area (TPSA) is 69.5 Å². The van der Waals surface area contributed by atoms with Gasteiger partial charge in [0.25, 0.3) is 0 Å². The molecule has 0 saturated carbocycles. The molecule has 3 aromatic rings. The predicted octanol–water partition coefficient (Wildman–Crippen LogP) is 9.94. The van der Waals surface area contributed by atoms with Gasteiger partial charge in [-0.2, -0.15) is 10.2 Å². The molecule has 0 N–H and O–H groups in total. The predicted molar refractivity (Wildman–Crippen MR) is 157 cm³/mol. The van der Waals surface area contributed by atoms with Gasteiger partial charge in [-0.15, -0.1) is 0 Å². The zero-order valence-corrected chi connectivity index (χ0v) is 23.7. The number of aryl methyl sites for hydroxylation is 1. The van der Waals surface area contributed by atoms with Gasteiger partial charge in [-0.3, -0.25) is 0 Å². The van der Waals surface area contributed by atoms with Crippen LogP contribution in [0.1, 0.15) is 87.1 Å². The molecule has 208 valence electrons. The van der Waals surface area contributed by atoms with Gasteiger partial charge in [0, 0.05) is 0 Å². The van der Waals surface area contributed by atoms with Gasteiger partial charge in [0.1, 0.15) is 17.2 Å². The van der Waals surface area contributed by atoms with E-state index < -0.39 is 5.97 Å². The molecule has 0 fully saturated rings. The molecule has 0 aromatic heterocycles. The monoisotopic (exact) mass is 530 g/mol. The number of unbranched alkanes of at least 4 members (excludes halogenated alkanes) is 9. The molecule has 0 atom stereocenters. The molecule has 0 amide bonds. The van der Waals surface area contributed by atoms with Gasteiger partial charge in [-0.25, -0.2) is 4.79 Å². The van der Waals surface area contributed by atoms with Crippen LogP contribution in [0.3, 0.4) is 0 Å². The number of benzene rings is 3. The summed E-state index contributed by atoms with van der Waals surface area (Å²) >= 11 is 0. The van der Waals surface area contributed by atoms with Crippen molar-refractivity contribution in [1.29, 1.82) is 0 Å². The third kappa shape index (κ3) is 10.9. The van der Waals surface area contributed by atoms with E-state index in [0.29, 0.717) is 23.6 Å². The van der Waals surface area contributed by atoms with E-state index in [4.69, 9.17) is 14.2 Å². The Morgan fingerprint density at radius 3 is 1.90 bits per heavy atom. The molecule has 0 aliphatic carbocycles. The van der Waals surface area contributed by atoms with Crippen molar-refractivity contribution >= 4 is 17.3 Å². The SMILES string of the molecule is CCCCCCCCCCCCOc1ccc(C(=O)Oc2ccc(N=Nc3ccc(OC)cc3)c(C)c2)cc1. The van der Waals surface area contributed by atoms with E-state index in [1.54, 1.807) is 37.4 Å². The van der Waals surface area contributed by atoms with Gasteiger partial charge in [-0.1, -0.05) is 64.7 Å². The fraction of sp³-hybridized carbons (Fsp3) is 0.424. The van der Waals surface area contributed by atoms with Crippen LogP contribution in [0.15, 0.2) is 77.0 Å². The fourth-order valence-electron chi connectivity index (χ4n) is 4.20. The van der Waals surface area contributed by atoms with Crippen molar-refractivity contribution in [3.8, 4) is 17.2 Å². The Bertz CT molecular complexity index is 1160. The maximum Gasteiger partial charge on any atom is 0.343 e. The summed E-state index contributed by atoms with van der Waals surface area (Å²) in [7, 11) is 1.62. The third-order valence-electron chi connectivity index (χ3n) is 6.58. The zero-order chi connectivity index (χ0) is 27.7. The highest BCUT2D eigenvalue weighted by Crippen LogP contribution is 2.27. The van der Waals surface area contributed by atoms with Gasteiger partial charge < -0.3 is 14.2 Å². The Kier molecular flexibility index (Phi) is 13.0. The van der Waals surface area contributed by atoms with Gasteiger partial charge in [0.05, 0.1) is 30.7 Å². The summed E-state index contributed by atoms with van der Waals surface area (Å²) in [5, 5.41) is 8.57. The Morgan fingerprint density at radius 1 is 0.692 bits per heavy atom. The van der Waals surface area contributed by atoms with E-state index in [1.165, 1.54) is 57.8 Å². The van der Waals surface area contributed by atoms with Crippen molar-refractivity contribution in [2.45, 2.75) is 78.1 Å². The largest absolute Gasteiger partial charge is 0.497 e. The zero-order valence-electron chi connectivity index (χ0n) is 23.7. The maximum atomic E-state index is 12.6. The van der Waals surface area contributed by atoms with Crippen molar-refractivity contribution in [1.82, 2.24) is 0 Å². The molecule has 0 spiro atoms. The normalized spacial score (nSPS) is 11.1. The summed E-state index contributed by atoms with van der Waals surface area (Å²) in [6.07, 6.45) is 13.0. The van der Waals surface area contributed by atoms with Gasteiger partial charge in [0.2, 0.25) is 0 Å². The lowest BCUT2D eigenvalue weighted by molar-refractivity contribution is 0.0734. The summed E-state index contributed by atoms with van der Waals surface area (Å²) in [5.74, 6) is 1.58. The van der Waals surface area contributed by atoms with Gasteiger partial charge in [-0.05, 0) is 85.6 Å². The van der Waals surface area contributed by atoms with Crippen LogP contribution >= 0.6 is 0 Å². The molecule has 0 radical (unpaired) electrons. The van der Waals surface area contributed by atoms with Crippen molar-refractivity contribution < 1.29 is 19.0 Å². The van der Waals surface area contributed by atoms with Crippen molar-refractivity contribution in [2.75, 3.05) is 13.7 Å². The molecule has 0 saturated heterocycles. The van der Waals surface area contributed by atoms with Crippen LogP contribution in [0.5, 0.6) is 17.2 Å². The standard InChI is InChI=1S/C33H42N2O4/c1-4-5-6-7-8-9-10-11-12-13-24-38-30-18-14-27(15-19-30)33(36)39-31-22-23-32(26(2)25-31)35-34-28-16-20-29(37-3)21-17-28/h14-23,25H,4-13,24H2,1-3H3. The van der Waals surface area contributed by atoms with Gasteiger partial charge in [0.15, 0.2) is 0 Å². The first-order valence-electron chi connectivity index (χ1n) is 14.2. The molecule has 0 unspecified atom stereocenters. The van der Waals surface area contributed by atoms with Crippen LogP contribution in [0, 0.1) is 6.92 Å². The van der Waals surface area contributed by atoms with E-state index in [0.717, 1.165) is 29.2 Å². The minimum atomic E-state index is -0.414. The van der Waals surface area contributed by atoms with Crippen molar-refractivity contribution in [2.24, 2.45) is 10.2 Å². The van der Waals surface area contributed by atoms with Crippen LogP contribution < -0.4 is 14.2 Å². The number of rotatable bonds is 17. The van der Waals surface area contributed by atoms with Crippen molar-refractivity contribution in [3.05, 3.63) is 77.9 Å². The van der Waals surface area contributed by atoms with Crippen molar-refractivity contribution in [3.63, 3.8) is 0 Å². The van der Waals surface area contributed by atoms with Crippen LogP contribution in [-0.2, 0) is 0 Å².